The fourth-order valence-corrected chi connectivity index (χ4v) is 21.8. The molecule has 4 atom stereocenters. The summed E-state index contributed by atoms with van der Waals surface area (Å²) >= 11 is 0. The van der Waals surface area contributed by atoms with Gasteiger partial charge in [0.15, 0.2) is 31.2 Å². The molecular weight excluding hydrogens is 1120 g/mol. The van der Waals surface area contributed by atoms with Gasteiger partial charge in [-0.05, 0) is 74.2 Å². The van der Waals surface area contributed by atoms with E-state index in [0.29, 0.717) is 45.7 Å². The zero-order chi connectivity index (χ0) is 59.5. The van der Waals surface area contributed by atoms with Crippen LogP contribution in [0.25, 0.3) is 0 Å². The molecule has 87 heavy (non-hydrogen) atoms. The molecule has 0 spiro atoms. The van der Waals surface area contributed by atoms with Crippen molar-refractivity contribution >= 4 is 46.2 Å². The number of hydrogen-bond donors (Lipinski definition) is 1. The van der Waals surface area contributed by atoms with Crippen LogP contribution in [0.1, 0.15) is 199 Å². The number of unbranched alkanes of at least 4 members (excludes halogenated alkanes) is 8. The van der Waals surface area contributed by atoms with E-state index < -0.39 is 20.3 Å². The van der Waals surface area contributed by atoms with E-state index in [0.717, 1.165) is 169 Å². The predicted molar refractivity (Wildman–Crippen MR) is 353 cm³/mol. The average molecular weight is 1200 g/mol. The molecule has 8 aromatic rings. The van der Waals surface area contributed by atoms with Crippen molar-refractivity contribution in [1.82, 2.24) is 0 Å². The Hall–Kier alpha value is -7.18. The van der Waals surface area contributed by atoms with Gasteiger partial charge in [0.05, 0.1) is 0 Å². The highest BCUT2D eigenvalue weighted by molar-refractivity contribution is 7.96. The number of phenolic OH excluding ortho intramolecular Hbond substituents is 1. The Labute approximate surface area is 515 Å². The first-order valence-electron chi connectivity index (χ1n) is 32.4. The van der Waals surface area contributed by atoms with Crippen LogP contribution in [0.4, 0.5) is 0 Å². The van der Waals surface area contributed by atoms with Crippen LogP contribution in [0.5, 0.6) is 46.0 Å². The van der Waals surface area contributed by atoms with Gasteiger partial charge in [0.2, 0.25) is 26.7 Å². The van der Waals surface area contributed by atoms with E-state index >= 15 is 4.57 Å². The first-order chi connectivity index (χ1) is 42.8. The Balaban J connectivity index is 1.23. The number of benzene rings is 8. The summed E-state index contributed by atoms with van der Waals surface area (Å²) in [4.78, 5) is 0. The largest absolute Gasteiger partial charge is 0.507 e. The third-order valence-electron chi connectivity index (χ3n) is 19.2. The Morgan fingerprint density at radius 1 is 0.391 bits per heavy atom. The fourth-order valence-electron chi connectivity index (χ4n) is 14.9. The molecule has 4 aliphatic heterocycles. The Kier molecular flexibility index (Phi) is 17.5. The lowest BCUT2D eigenvalue weighted by molar-refractivity contribution is 0.103. The van der Waals surface area contributed by atoms with E-state index in [4.69, 9.17) is 33.2 Å². The molecule has 1 N–H and O–H groups in total. The van der Waals surface area contributed by atoms with Crippen LogP contribution in [-0.2, 0) is 4.57 Å². The standard InChI is InChI=1S/C76H82O9P2/c1-5-9-17-37-55-59-41-61-56(38-18-10-6-2)64-43-63-58(40-20-12-8-4)66-44-65-57(39-19-11-7-3)62-42-60(55)68(46-70(62)82-49-84-73(65)76-74(66)85-50-86(76,51-29-21-13-22-30-51)52-31-23-14-24-32-52)80-47-79-67(59)45-69(61)81-48-83-72(64)75(71(63)77)87(78,53-33-25-15-26-34-53)54-35-27-16-28-36-54/h13-16,21-36,41-46,55-58H,5-12,17-20,37-40,47-50H2,1-4H3/p+1/t55?,56-,57?,58+/m1/s1. The van der Waals surface area contributed by atoms with Crippen LogP contribution in [0.3, 0.4) is 0 Å². The van der Waals surface area contributed by atoms with Crippen LogP contribution in [0.15, 0.2) is 158 Å². The Morgan fingerprint density at radius 3 is 1.15 bits per heavy atom. The van der Waals surface area contributed by atoms with E-state index in [9.17, 15) is 5.11 Å². The monoisotopic (exact) mass is 1200 g/mol. The topological polar surface area (TPSA) is 102 Å². The summed E-state index contributed by atoms with van der Waals surface area (Å²) in [7, 11) is -6.72. The van der Waals surface area contributed by atoms with Crippen molar-refractivity contribution in [2.75, 3.05) is 26.7 Å². The number of fused-ring (bicyclic) bond motifs is 5. The molecule has 9 nitrogen and oxygen atoms in total. The SMILES string of the molecule is CCCCCC1c2cc3c4cc2OCOc2cc5c(cc21)[C@@H](CCCCC)c1cc(c(O)c(P(=O)(c2ccccc2)c2ccccc2)c1OCO5)[C@H](CCCCC)c1cc(c(c2c1OC[P+]2(c1ccccc1)c1ccccc1)OCO4)C3CCCCC. The lowest BCUT2D eigenvalue weighted by Crippen LogP contribution is -2.33. The molecular formula is C76H83O9P2+. The van der Waals surface area contributed by atoms with Crippen molar-refractivity contribution in [3.8, 4) is 46.0 Å². The highest BCUT2D eigenvalue weighted by Crippen LogP contribution is 2.66. The molecule has 11 heteroatoms. The number of rotatable bonds is 21. The second-order valence-electron chi connectivity index (χ2n) is 24.4. The minimum absolute atomic E-state index is 0.0162. The quantitative estimate of drug-likeness (QED) is 0.0557. The van der Waals surface area contributed by atoms with Gasteiger partial charge in [-0.2, -0.15) is 0 Å². The maximum absolute atomic E-state index is 17.6. The minimum Gasteiger partial charge on any atom is -0.507 e. The van der Waals surface area contributed by atoms with E-state index in [1.54, 1.807) is 0 Å². The van der Waals surface area contributed by atoms with Gasteiger partial charge in [-0.1, -0.05) is 202 Å². The van der Waals surface area contributed by atoms with Crippen LogP contribution >= 0.6 is 14.4 Å². The van der Waals surface area contributed by atoms with Crippen LogP contribution in [0, 0.1) is 0 Å². The van der Waals surface area contributed by atoms with Crippen LogP contribution in [0.2, 0.25) is 0 Å². The Morgan fingerprint density at radius 2 is 0.724 bits per heavy atom. The van der Waals surface area contributed by atoms with Gasteiger partial charge in [0.25, 0.3) is 0 Å². The van der Waals surface area contributed by atoms with Crippen molar-refractivity contribution < 1.29 is 42.8 Å². The maximum Gasteiger partial charge on any atom is 0.231 e. The highest BCUT2D eigenvalue weighted by Gasteiger charge is 2.58. The number of phenols is 1. The molecule has 2 unspecified atom stereocenters. The molecule has 450 valence electrons. The average Bonchev–Trinajstić information content (AvgIpc) is 1.74. The maximum atomic E-state index is 17.6. The van der Waals surface area contributed by atoms with Gasteiger partial charge in [0, 0.05) is 90.9 Å². The molecule has 5 aliphatic rings. The van der Waals surface area contributed by atoms with Crippen molar-refractivity contribution in [3.05, 3.63) is 202 Å². The van der Waals surface area contributed by atoms with Crippen molar-refractivity contribution in [3.63, 3.8) is 0 Å². The molecule has 8 aromatic carbocycles. The molecule has 4 heterocycles. The van der Waals surface area contributed by atoms with Crippen LogP contribution < -0.4 is 65.0 Å². The molecule has 0 aromatic heterocycles. The molecule has 1 aliphatic carbocycles. The van der Waals surface area contributed by atoms with E-state index in [1.807, 2.05) is 60.7 Å². The normalized spacial score (nSPS) is 18.3. The van der Waals surface area contributed by atoms with Gasteiger partial charge in [-0.15, -0.1) is 0 Å². The molecule has 0 amide bonds. The summed E-state index contributed by atoms with van der Waals surface area (Å²) in [6, 6.07) is 55.1. The lowest BCUT2D eigenvalue weighted by atomic mass is 9.76. The van der Waals surface area contributed by atoms with Crippen molar-refractivity contribution in [1.29, 1.82) is 0 Å². The molecule has 0 radical (unpaired) electrons. The van der Waals surface area contributed by atoms with Gasteiger partial charge < -0.3 is 42.8 Å². The Bertz CT molecular complexity index is 3690. The molecule has 0 fully saturated rings. The summed E-state index contributed by atoms with van der Waals surface area (Å²) in [5, 5.41) is 19.3. The summed E-state index contributed by atoms with van der Waals surface area (Å²) < 4.78 is 67.4. The van der Waals surface area contributed by atoms with E-state index in [-0.39, 0.29) is 43.9 Å². The van der Waals surface area contributed by atoms with Crippen LogP contribution in [-0.4, -0.2) is 31.8 Å². The fraction of sp³-hybridized carbons (Fsp3) is 0.368. The van der Waals surface area contributed by atoms with Gasteiger partial charge in [-0.3, -0.25) is 0 Å². The molecule has 0 saturated heterocycles. The lowest BCUT2D eigenvalue weighted by Gasteiger charge is -2.35. The van der Waals surface area contributed by atoms with Gasteiger partial charge >= 0.3 is 0 Å². The second-order valence-corrected chi connectivity index (χ2v) is 30.5. The molecule has 0 saturated carbocycles. The predicted octanol–water partition coefficient (Wildman–Crippen LogP) is 17.0. The third kappa shape index (κ3) is 10.7. The second kappa shape index (κ2) is 25.9. The number of ether oxygens (including phenoxy) is 7. The smallest absolute Gasteiger partial charge is 0.231 e. The molecule has 8 bridgehead atoms. The third-order valence-corrected chi connectivity index (χ3v) is 26.4. The zero-order valence-corrected chi connectivity index (χ0v) is 52.9. The first kappa shape index (κ1) is 58.8. The number of aromatic hydroxyl groups is 1. The van der Waals surface area contributed by atoms with E-state index in [2.05, 4.69) is 125 Å². The molecule has 13 rings (SSSR count). The van der Waals surface area contributed by atoms with Crippen molar-refractivity contribution in [2.24, 2.45) is 0 Å². The van der Waals surface area contributed by atoms with Gasteiger partial charge in [-0.25, -0.2) is 0 Å². The minimum atomic E-state index is -4.02. The first-order valence-corrected chi connectivity index (χ1v) is 36.1. The summed E-state index contributed by atoms with van der Waals surface area (Å²) in [6.07, 6.45) is 15.5. The van der Waals surface area contributed by atoms with E-state index in [1.165, 1.54) is 10.6 Å². The highest BCUT2D eigenvalue weighted by atomic mass is 31.2. The number of hydrogen-bond acceptors (Lipinski definition) is 9. The summed E-state index contributed by atoms with van der Waals surface area (Å²) in [5.41, 5.74) is 8.02. The summed E-state index contributed by atoms with van der Waals surface area (Å²) in [6.45, 7) is 8.79. The van der Waals surface area contributed by atoms with Gasteiger partial charge in [0.1, 0.15) is 50.4 Å². The summed E-state index contributed by atoms with van der Waals surface area (Å²) in [5.74, 6) is 3.76. The zero-order valence-electron chi connectivity index (χ0n) is 51.1. The van der Waals surface area contributed by atoms with Crippen molar-refractivity contribution in [2.45, 2.75) is 154 Å².